The zero-order valence-corrected chi connectivity index (χ0v) is 24.1. The van der Waals surface area contributed by atoms with Crippen LogP contribution in [-0.2, 0) is 16.1 Å². The highest BCUT2D eigenvalue weighted by atomic mass is 19.1. The van der Waals surface area contributed by atoms with Gasteiger partial charge in [0.25, 0.3) is 0 Å². The minimum absolute atomic E-state index is 0.0306. The highest BCUT2D eigenvalue weighted by Crippen LogP contribution is 2.30. The SMILES string of the molecule is C=C/C=C\C(=C/C)C[C@H]1C(=O)N(CC/C(=C/C)CCC)CC2N1C(=O)CN(C)N2C(=O)NCc1ccc(F)cc1. The third kappa shape index (κ3) is 7.47. The van der Waals surface area contributed by atoms with Gasteiger partial charge in [-0.1, -0.05) is 68.0 Å². The van der Waals surface area contributed by atoms with Crippen molar-refractivity contribution in [1.29, 1.82) is 0 Å². The van der Waals surface area contributed by atoms with E-state index in [2.05, 4.69) is 24.9 Å². The normalized spacial score (nSPS) is 20.8. The van der Waals surface area contributed by atoms with Gasteiger partial charge in [0.2, 0.25) is 11.8 Å². The molecule has 0 bridgehead atoms. The average molecular weight is 552 g/mol. The second-order valence-corrected chi connectivity index (χ2v) is 10.1. The summed E-state index contributed by atoms with van der Waals surface area (Å²) in [6, 6.07) is 4.80. The molecule has 2 aliphatic rings. The van der Waals surface area contributed by atoms with Gasteiger partial charge in [-0.2, -0.15) is 0 Å². The number of halogens is 1. The number of rotatable bonds is 11. The lowest BCUT2D eigenvalue weighted by molar-refractivity contribution is -0.186. The molecule has 2 atom stereocenters. The minimum atomic E-state index is -0.742. The highest BCUT2D eigenvalue weighted by molar-refractivity contribution is 5.91. The van der Waals surface area contributed by atoms with E-state index in [0.717, 1.165) is 30.4 Å². The number of carbonyl (C=O) groups excluding carboxylic acids is 3. The Balaban J connectivity index is 1.91. The smallest absolute Gasteiger partial charge is 0.334 e. The van der Waals surface area contributed by atoms with E-state index >= 15 is 0 Å². The van der Waals surface area contributed by atoms with E-state index in [1.807, 2.05) is 32.1 Å². The van der Waals surface area contributed by atoms with E-state index in [9.17, 15) is 18.8 Å². The van der Waals surface area contributed by atoms with Gasteiger partial charge in [0, 0.05) is 26.6 Å². The van der Waals surface area contributed by atoms with Crippen molar-refractivity contribution in [2.45, 2.75) is 65.2 Å². The molecule has 0 saturated carbocycles. The number of fused-ring (bicyclic) bond motifs is 1. The van der Waals surface area contributed by atoms with Crippen LogP contribution < -0.4 is 5.32 Å². The molecule has 1 N–H and O–H groups in total. The number of nitrogens with one attached hydrogen (secondary N) is 1. The summed E-state index contributed by atoms with van der Waals surface area (Å²) in [5, 5.41) is 6.05. The van der Waals surface area contributed by atoms with Gasteiger partial charge < -0.3 is 15.1 Å². The van der Waals surface area contributed by atoms with E-state index in [1.165, 1.54) is 22.7 Å². The van der Waals surface area contributed by atoms with Crippen LogP contribution in [0.4, 0.5) is 9.18 Å². The fourth-order valence-electron chi connectivity index (χ4n) is 5.28. The lowest BCUT2D eigenvalue weighted by Crippen LogP contribution is -2.76. The molecule has 216 valence electrons. The van der Waals surface area contributed by atoms with E-state index in [4.69, 9.17) is 0 Å². The molecule has 3 rings (SSSR count). The van der Waals surface area contributed by atoms with Crippen molar-refractivity contribution in [1.82, 2.24) is 25.1 Å². The summed E-state index contributed by atoms with van der Waals surface area (Å²) in [6.45, 7) is 10.7. The Labute approximate surface area is 237 Å². The van der Waals surface area contributed by atoms with Crippen molar-refractivity contribution in [3.8, 4) is 0 Å². The van der Waals surface area contributed by atoms with Gasteiger partial charge in [-0.05, 0) is 50.0 Å². The zero-order chi connectivity index (χ0) is 29.2. The maximum atomic E-state index is 13.9. The first-order valence-corrected chi connectivity index (χ1v) is 13.9. The number of allylic oxidation sites excluding steroid dienone is 5. The van der Waals surface area contributed by atoms with E-state index in [1.54, 1.807) is 40.1 Å². The van der Waals surface area contributed by atoms with Crippen molar-refractivity contribution >= 4 is 17.8 Å². The van der Waals surface area contributed by atoms with Crippen LogP contribution >= 0.6 is 0 Å². The number of urea groups is 1. The maximum Gasteiger partial charge on any atom is 0.334 e. The molecule has 1 aromatic carbocycles. The number of piperazine rings is 1. The molecular weight excluding hydrogens is 509 g/mol. The number of likely N-dealkylation sites (N-methyl/N-ethyl adjacent to an activating group) is 1. The fourth-order valence-corrected chi connectivity index (χ4v) is 5.28. The molecule has 2 fully saturated rings. The zero-order valence-electron chi connectivity index (χ0n) is 24.1. The molecule has 40 heavy (non-hydrogen) atoms. The Bertz CT molecular complexity index is 1160. The predicted molar refractivity (Wildman–Crippen MR) is 155 cm³/mol. The Morgan fingerprint density at radius 1 is 1.15 bits per heavy atom. The summed E-state index contributed by atoms with van der Waals surface area (Å²) < 4.78 is 13.3. The van der Waals surface area contributed by atoms with Crippen LogP contribution in [0.5, 0.6) is 0 Å². The monoisotopic (exact) mass is 551 g/mol. The molecule has 0 aliphatic carbocycles. The van der Waals surface area contributed by atoms with Crippen molar-refractivity contribution in [2.75, 3.05) is 26.7 Å². The lowest BCUT2D eigenvalue weighted by Gasteiger charge is -2.54. The summed E-state index contributed by atoms with van der Waals surface area (Å²) >= 11 is 0. The summed E-state index contributed by atoms with van der Waals surface area (Å²) in [6.07, 6.45) is 11.8. The number of nitrogens with zero attached hydrogens (tertiary/aromatic N) is 4. The molecule has 4 amide bonds. The number of carbonyl (C=O) groups is 3. The van der Waals surface area contributed by atoms with Gasteiger partial charge in [-0.3, -0.25) is 9.59 Å². The number of benzene rings is 1. The molecule has 2 aliphatic heterocycles. The van der Waals surface area contributed by atoms with Crippen LogP contribution in [-0.4, -0.2) is 76.6 Å². The highest BCUT2D eigenvalue weighted by Gasteiger charge is 2.50. The van der Waals surface area contributed by atoms with Crippen LogP contribution in [0.1, 0.15) is 52.0 Å². The largest absolute Gasteiger partial charge is 0.337 e. The summed E-state index contributed by atoms with van der Waals surface area (Å²) in [7, 11) is 1.70. The predicted octanol–water partition coefficient (Wildman–Crippen LogP) is 4.78. The van der Waals surface area contributed by atoms with Crippen molar-refractivity contribution in [2.24, 2.45) is 0 Å². The molecule has 0 aromatic heterocycles. The summed E-state index contributed by atoms with van der Waals surface area (Å²) in [4.78, 5) is 44.2. The number of hydrogen-bond acceptors (Lipinski definition) is 4. The van der Waals surface area contributed by atoms with Crippen LogP contribution in [0.2, 0.25) is 0 Å². The van der Waals surface area contributed by atoms with Crippen molar-refractivity contribution in [3.63, 3.8) is 0 Å². The van der Waals surface area contributed by atoms with E-state index in [-0.39, 0.29) is 43.3 Å². The summed E-state index contributed by atoms with van der Waals surface area (Å²) in [5.41, 5.74) is 2.93. The standard InChI is InChI=1S/C31H42FN5O3/c1-6-10-12-24(9-4)19-27-30(39)35(18-17-23(8-3)11-7-2)21-28-36(27)29(38)22-34(5)37(28)31(40)33-20-25-13-15-26(32)16-14-25/h6,8-10,12-16,27-28H,1,7,11,17-22H2,2-5H3,(H,33,40)/b12-10-,23-8+,24-9+/t27-,28?/m0/s1. The van der Waals surface area contributed by atoms with Crippen LogP contribution in [0.25, 0.3) is 0 Å². The first-order valence-electron chi connectivity index (χ1n) is 13.9. The summed E-state index contributed by atoms with van der Waals surface area (Å²) in [5.74, 6) is -0.656. The molecule has 1 aromatic rings. The van der Waals surface area contributed by atoms with Crippen LogP contribution in [0, 0.1) is 5.82 Å². The third-order valence-electron chi connectivity index (χ3n) is 7.43. The van der Waals surface area contributed by atoms with Crippen LogP contribution in [0.3, 0.4) is 0 Å². The lowest BCUT2D eigenvalue weighted by atomic mass is 9.97. The van der Waals surface area contributed by atoms with Gasteiger partial charge in [0.15, 0.2) is 0 Å². The average Bonchev–Trinajstić information content (AvgIpc) is 2.94. The fraction of sp³-hybridized carbons (Fsp3) is 0.452. The molecule has 0 spiro atoms. The van der Waals surface area contributed by atoms with Crippen molar-refractivity contribution in [3.05, 3.63) is 83.8 Å². The second kappa shape index (κ2) is 14.6. The topological polar surface area (TPSA) is 76.2 Å². The van der Waals surface area contributed by atoms with Crippen molar-refractivity contribution < 1.29 is 18.8 Å². The van der Waals surface area contributed by atoms with Gasteiger partial charge in [-0.25, -0.2) is 19.2 Å². The molecule has 8 nitrogen and oxygen atoms in total. The Morgan fingerprint density at radius 2 is 1.88 bits per heavy atom. The number of hydrazine groups is 1. The minimum Gasteiger partial charge on any atom is -0.337 e. The molecule has 9 heteroatoms. The molecule has 1 unspecified atom stereocenters. The second-order valence-electron chi connectivity index (χ2n) is 10.1. The molecule has 2 heterocycles. The van der Waals surface area contributed by atoms with Crippen LogP contribution in [0.15, 0.2) is 72.4 Å². The van der Waals surface area contributed by atoms with E-state index in [0.29, 0.717) is 13.0 Å². The number of hydrogen-bond donors (Lipinski definition) is 1. The molecular formula is C31H42FN5O3. The first kappa shape index (κ1) is 30.8. The quantitative estimate of drug-likeness (QED) is 0.317. The Hall–Kier alpha value is -3.72. The Kier molecular flexibility index (Phi) is 11.3. The van der Waals surface area contributed by atoms with Gasteiger partial charge in [-0.15, -0.1) is 0 Å². The van der Waals surface area contributed by atoms with Gasteiger partial charge >= 0.3 is 6.03 Å². The van der Waals surface area contributed by atoms with Gasteiger partial charge in [0.1, 0.15) is 18.0 Å². The number of amides is 4. The first-order chi connectivity index (χ1) is 19.2. The maximum absolute atomic E-state index is 13.9. The third-order valence-corrected chi connectivity index (χ3v) is 7.43. The van der Waals surface area contributed by atoms with E-state index < -0.39 is 12.2 Å². The van der Waals surface area contributed by atoms with Gasteiger partial charge in [0.05, 0.1) is 13.1 Å². The molecule has 0 radical (unpaired) electrons. The molecule has 2 saturated heterocycles. The Morgan fingerprint density at radius 3 is 2.50 bits per heavy atom.